The Morgan fingerprint density at radius 1 is 0.967 bits per heavy atom. The fraction of sp³-hybridized carbons (Fsp3) is 0.136. The van der Waals surface area contributed by atoms with Crippen molar-refractivity contribution < 1.29 is 14.3 Å². The third-order valence-electron chi connectivity index (χ3n) is 4.61. The molecule has 4 aromatic rings. The number of esters is 1. The van der Waals surface area contributed by atoms with Crippen LogP contribution in [0.25, 0.3) is 10.8 Å². The Kier molecular flexibility index (Phi) is 5.75. The van der Waals surface area contributed by atoms with Gasteiger partial charge in [0.15, 0.2) is 12.6 Å². The molecule has 1 heterocycles. The molecular formula is C22H19N5O3. The van der Waals surface area contributed by atoms with Crippen LogP contribution in [0.5, 0.6) is 0 Å². The summed E-state index contributed by atoms with van der Waals surface area (Å²) in [5, 5.41) is 15.8. The lowest BCUT2D eigenvalue weighted by Gasteiger charge is -2.15. The van der Waals surface area contributed by atoms with Gasteiger partial charge in [0.05, 0.1) is 0 Å². The second-order valence-corrected chi connectivity index (χ2v) is 6.71. The largest absolute Gasteiger partial charge is 0.454 e. The number of rotatable bonds is 7. The zero-order valence-corrected chi connectivity index (χ0v) is 16.0. The maximum Gasteiger partial charge on any atom is 0.331 e. The van der Waals surface area contributed by atoms with Crippen LogP contribution in [0.3, 0.4) is 0 Å². The Balaban J connectivity index is 1.39. The molecule has 0 fully saturated rings. The molecule has 8 nitrogen and oxygen atoms in total. The van der Waals surface area contributed by atoms with Gasteiger partial charge in [-0.1, -0.05) is 60.7 Å². The molecule has 0 unspecified atom stereocenters. The highest BCUT2D eigenvalue weighted by molar-refractivity contribution is 5.95. The normalized spacial score (nSPS) is 11.7. The molecule has 0 spiro atoms. The van der Waals surface area contributed by atoms with E-state index in [0.717, 1.165) is 16.3 Å². The highest BCUT2D eigenvalue weighted by atomic mass is 16.5. The fourth-order valence-electron chi connectivity index (χ4n) is 3.13. The highest BCUT2D eigenvalue weighted by Crippen LogP contribution is 2.19. The summed E-state index contributed by atoms with van der Waals surface area (Å²) in [4.78, 5) is 24.9. The monoisotopic (exact) mass is 401 g/mol. The number of hydrogen-bond donors (Lipinski definition) is 1. The third kappa shape index (κ3) is 4.67. The molecule has 150 valence electrons. The van der Waals surface area contributed by atoms with Gasteiger partial charge in [0, 0.05) is 12.1 Å². The van der Waals surface area contributed by atoms with E-state index in [9.17, 15) is 9.59 Å². The lowest BCUT2D eigenvalue weighted by molar-refractivity contribution is -0.151. The Labute approximate surface area is 172 Å². The molecule has 30 heavy (non-hydrogen) atoms. The highest BCUT2D eigenvalue weighted by Gasteiger charge is 2.24. The molecule has 1 amide bonds. The molecular weight excluding hydrogens is 382 g/mol. The molecule has 0 saturated carbocycles. The Morgan fingerprint density at radius 3 is 2.50 bits per heavy atom. The SMILES string of the molecule is O=C(COC(=O)[C@@H](Cc1ccccc1)n1cnnn1)Nc1ccc2ccccc2c1. The van der Waals surface area contributed by atoms with Crippen molar-refractivity contribution in [3.05, 3.63) is 84.7 Å². The Hall–Kier alpha value is -4.07. The van der Waals surface area contributed by atoms with Crippen molar-refractivity contribution in [2.75, 3.05) is 11.9 Å². The van der Waals surface area contributed by atoms with Gasteiger partial charge in [-0.15, -0.1) is 5.10 Å². The van der Waals surface area contributed by atoms with E-state index >= 15 is 0 Å². The number of nitrogens with one attached hydrogen (secondary N) is 1. The first-order valence-corrected chi connectivity index (χ1v) is 9.41. The first-order valence-electron chi connectivity index (χ1n) is 9.41. The van der Waals surface area contributed by atoms with E-state index < -0.39 is 24.5 Å². The molecule has 1 atom stereocenters. The number of carbonyl (C=O) groups is 2. The number of fused-ring (bicyclic) bond motifs is 1. The summed E-state index contributed by atoms with van der Waals surface area (Å²) in [6.45, 7) is -0.404. The number of tetrazole rings is 1. The molecule has 1 aromatic heterocycles. The lowest BCUT2D eigenvalue weighted by atomic mass is 10.1. The van der Waals surface area contributed by atoms with Crippen LogP contribution in [0.4, 0.5) is 5.69 Å². The van der Waals surface area contributed by atoms with Crippen molar-refractivity contribution in [3.63, 3.8) is 0 Å². The zero-order valence-electron chi connectivity index (χ0n) is 16.0. The lowest BCUT2D eigenvalue weighted by Crippen LogP contribution is -2.28. The second kappa shape index (κ2) is 8.95. The smallest absolute Gasteiger partial charge is 0.331 e. The fourth-order valence-corrected chi connectivity index (χ4v) is 3.13. The number of aromatic nitrogens is 4. The Bertz CT molecular complexity index is 1150. The van der Waals surface area contributed by atoms with Crippen molar-refractivity contribution in [1.29, 1.82) is 0 Å². The van der Waals surface area contributed by atoms with E-state index in [1.807, 2.05) is 66.7 Å². The number of nitrogens with zero attached hydrogens (tertiary/aromatic N) is 4. The molecule has 4 rings (SSSR count). The number of amides is 1. The summed E-state index contributed by atoms with van der Waals surface area (Å²) in [6.07, 6.45) is 1.70. The van der Waals surface area contributed by atoms with Gasteiger partial charge in [0.25, 0.3) is 5.91 Å². The van der Waals surface area contributed by atoms with Gasteiger partial charge in [-0.3, -0.25) is 4.79 Å². The van der Waals surface area contributed by atoms with Crippen LogP contribution in [0.2, 0.25) is 0 Å². The quantitative estimate of drug-likeness (QED) is 0.478. The van der Waals surface area contributed by atoms with Crippen LogP contribution < -0.4 is 5.32 Å². The summed E-state index contributed by atoms with van der Waals surface area (Å²) in [5.74, 6) is -1.01. The van der Waals surface area contributed by atoms with Gasteiger partial charge in [0.1, 0.15) is 6.33 Å². The zero-order chi connectivity index (χ0) is 20.8. The van der Waals surface area contributed by atoms with Crippen LogP contribution >= 0.6 is 0 Å². The van der Waals surface area contributed by atoms with Crippen LogP contribution in [0.15, 0.2) is 79.1 Å². The van der Waals surface area contributed by atoms with Crippen LogP contribution in [0, 0.1) is 0 Å². The van der Waals surface area contributed by atoms with Gasteiger partial charge in [-0.05, 0) is 38.9 Å². The van der Waals surface area contributed by atoms with E-state index in [2.05, 4.69) is 20.8 Å². The number of benzene rings is 3. The number of carbonyl (C=O) groups excluding carboxylic acids is 2. The molecule has 0 aliphatic heterocycles. The van der Waals surface area contributed by atoms with Crippen LogP contribution in [-0.2, 0) is 20.7 Å². The average Bonchev–Trinajstić information content (AvgIpc) is 3.31. The number of ether oxygens (including phenoxy) is 1. The predicted molar refractivity (Wildman–Crippen MR) is 111 cm³/mol. The van der Waals surface area contributed by atoms with E-state index in [0.29, 0.717) is 12.1 Å². The van der Waals surface area contributed by atoms with E-state index in [4.69, 9.17) is 4.74 Å². The molecule has 8 heteroatoms. The second-order valence-electron chi connectivity index (χ2n) is 6.71. The number of hydrogen-bond acceptors (Lipinski definition) is 6. The van der Waals surface area contributed by atoms with E-state index in [-0.39, 0.29) is 0 Å². The summed E-state index contributed by atoms with van der Waals surface area (Å²) < 4.78 is 6.58. The first kappa shape index (κ1) is 19.3. The van der Waals surface area contributed by atoms with Gasteiger partial charge >= 0.3 is 5.97 Å². The van der Waals surface area contributed by atoms with Crippen molar-refractivity contribution in [2.24, 2.45) is 0 Å². The molecule has 0 aliphatic rings. The molecule has 1 N–H and O–H groups in total. The van der Waals surface area contributed by atoms with Crippen molar-refractivity contribution in [1.82, 2.24) is 20.2 Å². The summed E-state index contributed by atoms with van der Waals surface area (Å²) in [6, 6.07) is 22.1. The number of anilines is 1. The molecule has 0 aliphatic carbocycles. The summed E-state index contributed by atoms with van der Waals surface area (Å²) in [5.41, 5.74) is 1.56. The van der Waals surface area contributed by atoms with Gasteiger partial charge in [-0.25, -0.2) is 9.48 Å². The topological polar surface area (TPSA) is 99.0 Å². The minimum Gasteiger partial charge on any atom is -0.454 e. The predicted octanol–water partition coefficient (Wildman–Crippen LogP) is 2.79. The van der Waals surface area contributed by atoms with Crippen LogP contribution in [-0.4, -0.2) is 38.7 Å². The van der Waals surface area contributed by atoms with Crippen molar-refractivity contribution in [2.45, 2.75) is 12.5 Å². The van der Waals surface area contributed by atoms with Gasteiger partial charge in [0.2, 0.25) is 0 Å². The molecule has 3 aromatic carbocycles. The van der Waals surface area contributed by atoms with Gasteiger partial charge in [-0.2, -0.15) is 0 Å². The van der Waals surface area contributed by atoms with Crippen LogP contribution in [0.1, 0.15) is 11.6 Å². The summed E-state index contributed by atoms with van der Waals surface area (Å²) >= 11 is 0. The maximum absolute atomic E-state index is 12.7. The molecule has 0 radical (unpaired) electrons. The van der Waals surface area contributed by atoms with E-state index in [1.165, 1.54) is 11.0 Å². The molecule has 0 bridgehead atoms. The van der Waals surface area contributed by atoms with Gasteiger partial charge < -0.3 is 10.1 Å². The first-order chi connectivity index (χ1) is 14.7. The third-order valence-corrected chi connectivity index (χ3v) is 4.61. The van der Waals surface area contributed by atoms with Crippen molar-refractivity contribution in [3.8, 4) is 0 Å². The minimum atomic E-state index is -0.768. The summed E-state index contributed by atoms with van der Waals surface area (Å²) in [7, 11) is 0. The minimum absolute atomic E-state index is 0.344. The van der Waals surface area contributed by atoms with E-state index in [1.54, 1.807) is 6.07 Å². The standard InChI is InChI=1S/C22H19N5O3/c28-21(24-19-11-10-17-8-4-5-9-18(17)13-19)14-30-22(29)20(27-15-23-25-26-27)12-16-6-2-1-3-7-16/h1-11,13,15,20H,12,14H2,(H,24,28)/t20-/m1/s1. The molecule has 0 saturated heterocycles. The maximum atomic E-state index is 12.7. The van der Waals surface area contributed by atoms with Crippen molar-refractivity contribution >= 4 is 28.3 Å². The Morgan fingerprint density at radius 2 is 1.73 bits per heavy atom. The average molecular weight is 401 g/mol.